The van der Waals surface area contributed by atoms with Crippen LogP contribution in [-0.4, -0.2) is 30.6 Å². The van der Waals surface area contributed by atoms with Gasteiger partial charge in [0.05, 0.1) is 12.7 Å². The first kappa shape index (κ1) is 9.45. The number of carboxylic acids is 1. The number of nitrogens with zero attached hydrogens (tertiary/aromatic N) is 4. The smallest absolute Gasteiger partial charge is 0.354 e. The van der Waals surface area contributed by atoms with E-state index in [9.17, 15) is 4.79 Å². The molecular weight excluding hydrogens is 196 g/mol. The molecule has 0 radical (unpaired) electrons. The number of carboxylic acid groups (broad SMARTS) is 1. The van der Waals surface area contributed by atoms with Crippen molar-refractivity contribution in [3.8, 4) is 0 Å². The third-order valence-electron chi connectivity index (χ3n) is 2.03. The van der Waals surface area contributed by atoms with E-state index >= 15 is 0 Å². The highest BCUT2D eigenvalue weighted by molar-refractivity contribution is 5.85. The summed E-state index contributed by atoms with van der Waals surface area (Å²) < 4.78 is 3.10. The maximum atomic E-state index is 10.8. The topological polar surface area (TPSA) is 72.9 Å². The van der Waals surface area contributed by atoms with Crippen molar-refractivity contribution in [2.75, 3.05) is 0 Å². The van der Waals surface area contributed by atoms with Crippen molar-refractivity contribution < 1.29 is 9.90 Å². The molecule has 2 rings (SSSR count). The number of carbonyl (C=O) groups is 1. The zero-order chi connectivity index (χ0) is 10.8. The molecule has 1 N–H and O–H groups in total. The van der Waals surface area contributed by atoms with Gasteiger partial charge in [-0.05, 0) is 6.07 Å². The van der Waals surface area contributed by atoms with Crippen LogP contribution in [0, 0.1) is 0 Å². The molecule has 78 valence electrons. The largest absolute Gasteiger partial charge is 0.477 e. The van der Waals surface area contributed by atoms with Crippen LogP contribution in [0.2, 0.25) is 0 Å². The van der Waals surface area contributed by atoms with Gasteiger partial charge in [-0.3, -0.25) is 9.36 Å². The molecule has 0 amide bonds. The molecule has 2 aromatic heterocycles. The van der Waals surface area contributed by atoms with Crippen molar-refractivity contribution in [3.05, 3.63) is 35.9 Å². The van der Waals surface area contributed by atoms with Crippen LogP contribution in [0.3, 0.4) is 0 Å². The molecule has 6 nitrogen and oxygen atoms in total. The molecule has 0 bridgehead atoms. The molecule has 0 saturated carbocycles. The van der Waals surface area contributed by atoms with Crippen LogP contribution in [0.5, 0.6) is 0 Å². The van der Waals surface area contributed by atoms with Crippen molar-refractivity contribution in [3.63, 3.8) is 0 Å². The summed E-state index contributed by atoms with van der Waals surface area (Å²) in [6.45, 7) is 0.419. The third kappa shape index (κ3) is 1.88. The summed E-state index contributed by atoms with van der Waals surface area (Å²) >= 11 is 0. The van der Waals surface area contributed by atoms with Crippen molar-refractivity contribution >= 4 is 5.97 Å². The molecule has 2 heterocycles. The van der Waals surface area contributed by atoms with E-state index in [1.807, 2.05) is 13.2 Å². The molecular formula is C9H10N4O2. The van der Waals surface area contributed by atoms with Crippen LogP contribution in [0.15, 0.2) is 24.7 Å². The minimum atomic E-state index is -0.976. The summed E-state index contributed by atoms with van der Waals surface area (Å²) in [5, 5.41) is 16.8. The molecule has 2 aromatic rings. The van der Waals surface area contributed by atoms with Gasteiger partial charge in [0.1, 0.15) is 5.69 Å². The van der Waals surface area contributed by atoms with E-state index in [2.05, 4.69) is 10.2 Å². The van der Waals surface area contributed by atoms with Gasteiger partial charge >= 0.3 is 5.97 Å². The number of hydrogen-bond donors (Lipinski definition) is 1. The maximum absolute atomic E-state index is 10.8. The molecule has 0 aromatic carbocycles. The molecule has 0 atom stereocenters. The lowest BCUT2D eigenvalue weighted by atomic mass is 10.3. The fraction of sp³-hybridized carbons (Fsp3) is 0.222. The molecule has 0 spiro atoms. The standard InChI is InChI=1S/C9H10N4O2/c1-12-5-7(4-11-12)6-13-8(9(14)15)2-3-10-13/h2-5H,6H2,1H3,(H,14,15). The molecule has 0 aliphatic carbocycles. The molecule has 0 fully saturated rings. The van der Waals surface area contributed by atoms with Gasteiger partial charge in [-0.1, -0.05) is 0 Å². The summed E-state index contributed by atoms with van der Waals surface area (Å²) in [7, 11) is 1.81. The maximum Gasteiger partial charge on any atom is 0.354 e. The number of rotatable bonds is 3. The summed E-state index contributed by atoms with van der Waals surface area (Å²) in [5.74, 6) is -0.976. The Labute approximate surface area is 85.8 Å². The lowest BCUT2D eigenvalue weighted by Gasteiger charge is -2.01. The van der Waals surface area contributed by atoms with Gasteiger partial charge in [0.15, 0.2) is 0 Å². The Hall–Kier alpha value is -2.11. The normalized spacial score (nSPS) is 10.5. The average molecular weight is 206 g/mol. The first-order valence-corrected chi connectivity index (χ1v) is 4.39. The monoisotopic (exact) mass is 206 g/mol. The molecule has 0 aliphatic rings. The van der Waals surface area contributed by atoms with Crippen LogP contribution in [-0.2, 0) is 13.6 Å². The van der Waals surface area contributed by atoms with Gasteiger partial charge < -0.3 is 5.11 Å². The predicted molar refractivity (Wildman–Crippen MR) is 51.5 cm³/mol. The second-order valence-electron chi connectivity index (χ2n) is 3.20. The Morgan fingerprint density at radius 2 is 2.33 bits per heavy atom. The van der Waals surface area contributed by atoms with Crippen LogP contribution in [0.25, 0.3) is 0 Å². The molecule has 15 heavy (non-hydrogen) atoms. The quantitative estimate of drug-likeness (QED) is 0.787. The number of aromatic nitrogens is 4. The highest BCUT2D eigenvalue weighted by Crippen LogP contribution is 2.04. The molecule has 0 saturated heterocycles. The van der Waals surface area contributed by atoms with Gasteiger partial charge in [0.2, 0.25) is 0 Å². The van der Waals surface area contributed by atoms with E-state index in [4.69, 9.17) is 5.11 Å². The van der Waals surface area contributed by atoms with Gasteiger partial charge in [-0.15, -0.1) is 0 Å². The van der Waals surface area contributed by atoms with Crippen molar-refractivity contribution in [1.29, 1.82) is 0 Å². The van der Waals surface area contributed by atoms with Crippen LogP contribution >= 0.6 is 0 Å². The first-order valence-electron chi connectivity index (χ1n) is 4.39. The fourth-order valence-electron chi connectivity index (χ4n) is 1.37. The van der Waals surface area contributed by atoms with Crippen molar-refractivity contribution in [2.24, 2.45) is 7.05 Å². The van der Waals surface area contributed by atoms with Crippen LogP contribution < -0.4 is 0 Å². The van der Waals surface area contributed by atoms with Gasteiger partial charge in [-0.25, -0.2) is 4.79 Å². The average Bonchev–Trinajstić information content (AvgIpc) is 2.75. The minimum Gasteiger partial charge on any atom is -0.477 e. The van der Waals surface area contributed by atoms with Crippen LogP contribution in [0.1, 0.15) is 16.1 Å². The van der Waals surface area contributed by atoms with Gasteiger partial charge in [0, 0.05) is 25.0 Å². The van der Waals surface area contributed by atoms with Gasteiger partial charge in [0.25, 0.3) is 0 Å². The summed E-state index contributed by atoms with van der Waals surface area (Å²) in [6, 6.07) is 1.47. The van der Waals surface area contributed by atoms with Crippen molar-refractivity contribution in [1.82, 2.24) is 19.6 Å². The van der Waals surface area contributed by atoms with E-state index in [-0.39, 0.29) is 5.69 Å². The Kier molecular flexibility index (Phi) is 2.24. The first-order chi connectivity index (χ1) is 7.16. The van der Waals surface area contributed by atoms with E-state index in [1.165, 1.54) is 16.9 Å². The second kappa shape index (κ2) is 3.56. The number of hydrogen-bond acceptors (Lipinski definition) is 3. The fourth-order valence-corrected chi connectivity index (χ4v) is 1.37. The lowest BCUT2D eigenvalue weighted by Crippen LogP contribution is -2.10. The highest BCUT2D eigenvalue weighted by atomic mass is 16.4. The van der Waals surface area contributed by atoms with Crippen molar-refractivity contribution in [2.45, 2.75) is 6.54 Å². The minimum absolute atomic E-state index is 0.179. The molecule has 0 aliphatic heterocycles. The predicted octanol–water partition coefficient (Wildman–Crippen LogP) is 0.363. The second-order valence-corrected chi connectivity index (χ2v) is 3.20. The van der Waals surface area contributed by atoms with E-state index in [0.717, 1.165) is 5.56 Å². The lowest BCUT2D eigenvalue weighted by molar-refractivity contribution is 0.0684. The SMILES string of the molecule is Cn1cc(Cn2nccc2C(=O)O)cn1. The number of aryl methyl sites for hydroxylation is 1. The van der Waals surface area contributed by atoms with Gasteiger partial charge in [-0.2, -0.15) is 10.2 Å². The van der Waals surface area contributed by atoms with E-state index in [1.54, 1.807) is 10.9 Å². The summed E-state index contributed by atoms with van der Waals surface area (Å²) in [5.41, 5.74) is 1.10. The Balaban J connectivity index is 2.24. The molecule has 0 unspecified atom stereocenters. The zero-order valence-electron chi connectivity index (χ0n) is 8.16. The summed E-state index contributed by atoms with van der Waals surface area (Å²) in [4.78, 5) is 10.8. The van der Waals surface area contributed by atoms with E-state index < -0.39 is 5.97 Å². The Morgan fingerprint density at radius 3 is 2.93 bits per heavy atom. The highest BCUT2D eigenvalue weighted by Gasteiger charge is 2.10. The number of aromatic carboxylic acids is 1. The Bertz CT molecular complexity index is 486. The third-order valence-corrected chi connectivity index (χ3v) is 2.03. The zero-order valence-corrected chi connectivity index (χ0v) is 8.16. The van der Waals surface area contributed by atoms with E-state index in [0.29, 0.717) is 6.54 Å². The van der Waals surface area contributed by atoms with Crippen LogP contribution in [0.4, 0.5) is 0 Å². The summed E-state index contributed by atoms with van der Waals surface area (Å²) in [6.07, 6.45) is 4.99. The molecule has 6 heteroatoms. The Morgan fingerprint density at radius 1 is 1.53 bits per heavy atom.